The standard InChI is InChI=1S/C17H21N3O3/c1-3-23-11-13-6-7-19(10-13)17-8-12(2)18-16-5-4-14(20(21)22)9-15(16)17/h4-5,8-9,13H,3,6-7,10-11H2,1-2H3/t13-/m1/s1. The van der Waals surface area contributed by atoms with E-state index in [0.29, 0.717) is 5.92 Å². The molecule has 0 spiro atoms. The van der Waals surface area contributed by atoms with E-state index in [2.05, 4.69) is 9.88 Å². The summed E-state index contributed by atoms with van der Waals surface area (Å²) in [5.41, 5.74) is 2.87. The zero-order valence-electron chi connectivity index (χ0n) is 13.5. The Labute approximate surface area is 135 Å². The summed E-state index contributed by atoms with van der Waals surface area (Å²) >= 11 is 0. The highest BCUT2D eigenvalue weighted by molar-refractivity contribution is 5.93. The van der Waals surface area contributed by atoms with Gasteiger partial charge in [0.2, 0.25) is 0 Å². The van der Waals surface area contributed by atoms with Crippen molar-refractivity contribution in [2.24, 2.45) is 5.92 Å². The van der Waals surface area contributed by atoms with Crippen molar-refractivity contribution in [3.8, 4) is 0 Å². The van der Waals surface area contributed by atoms with Gasteiger partial charge in [0.15, 0.2) is 0 Å². The molecule has 0 saturated carbocycles. The molecule has 1 fully saturated rings. The summed E-state index contributed by atoms with van der Waals surface area (Å²) in [6, 6.07) is 6.90. The molecule has 23 heavy (non-hydrogen) atoms. The fraction of sp³-hybridized carbons (Fsp3) is 0.471. The third-order valence-corrected chi connectivity index (χ3v) is 4.29. The third-order valence-electron chi connectivity index (χ3n) is 4.29. The van der Waals surface area contributed by atoms with Crippen LogP contribution in [0.15, 0.2) is 24.3 Å². The number of anilines is 1. The Morgan fingerprint density at radius 2 is 2.26 bits per heavy atom. The number of non-ortho nitro benzene ring substituents is 1. The van der Waals surface area contributed by atoms with Crippen LogP contribution in [-0.2, 0) is 4.74 Å². The maximum Gasteiger partial charge on any atom is 0.270 e. The van der Waals surface area contributed by atoms with Crippen LogP contribution in [0.5, 0.6) is 0 Å². The number of nitro benzene ring substituents is 1. The first-order valence-electron chi connectivity index (χ1n) is 7.97. The zero-order chi connectivity index (χ0) is 16.4. The van der Waals surface area contributed by atoms with Crippen LogP contribution in [-0.4, -0.2) is 36.2 Å². The number of ether oxygens (including phenoxy) is 1. The lowest BCUT2D eigenvalue weighted by Gasteiger charge is -2.21. The van der Waals surface area contributed by atoms with Gasteiger partial charge in [-0.2, -0.15) is 0 Å². The van der Waals surface area contributed by atoms with Gasteiger partial charge in [0.05, 0.1) is 17.0 Å². The number of rotatable bonds is 5. The molecular weight excluding hydrogens is 294 g/mol. The van der Waals surface area contributed by atoms with E-state index in [9.17, 15) is 10.1 Å². The number of hydrogen-bond donors (Lipinski definition) is 0. The normalized spacial score (nSPS) is 17.8. The minimum absolute atomic E-state index is 0.106. The van der Waals surface area contributed by atoms with Crippen LogP contribution < -0.4 is 4.90 Å². The topological polar surface area (TPSA) is 68.5 Å². The fourth-order valence-corrected chi connectivity index (χ4v) is 3.17. The highest BCUT2D eigenvalue weighted by Crippen LogP contribution is 2.33. The van der Waals surface area contributed by atoms with Crippen LogP contribution in [0, 0.1) is 23.0 Å². The highest BCUT2D eigenvalue weighted by atomic mass is 16.6. The van der Waals surface area contributed by atoms with Gasteiger partial charge in [-0.25, -0.2) is 0 Å². The van der Waals surface area contributed by atoms with E-state index in [1.807, 2.05) is 19.9 Å². The van der Waals surface area contributed by atoms with Crippen molar-refractivity contribution >= 4 is 22.3 Å². The molecule has 0 N–H and O–H groups in total. The minimum atomic E-state index is -0.356. The van der Waals surface area contributed by atoms with Crippen LogP contribution in [0.3, 0.4) is 0 Å². The molecule has 2 heterocycles. The maximum absolute atomic E-state index is 11.1. The predicted octanol–water partition coefficient (Wildman–Crippen LogP) is 3.31. The van der Waals surface area contributed by atoms with E-state index < -0.39 is 0 Å². The van der Waals surface area contributed by atoms with Crippen LogP contribution in [0.4, 0.5) is 11.4 Å². The predicted molar refractivity (Wildman–Crippen MR) is 89.9 cm³/mol. The summed E-state index contributed by atoms with van der Waals surface area (Å²) in [4.78, 5) is 17.5. The van der Waals surface area contributed by atoms with Gasteiger partial charge in [0, 0.05) is 54.5 Å². The molecular formula is C17H21N3O3. The monoisotopic (exact) mass is 315 g/mol. The second kappa shape index (κ2) is 6.50. The van der Waals surface area contributed by atoms with E-state index in [0.717, 1.165) is 55.0 Å². The molecule has 1 aromatic carbocycles. The summed E-state index contributed by atoms with van der Waals surface area (Å²) < 4.78 is 5.54. The molecule has 6 nitrogen and oxygen atoms in total. The van der Waals surface area contributed by atoms with Gasteiger partial charge < -0.3 is 9.64 Å². The lowest BCUT2D eigenvalue weighted by molar-refractivity contribution is -0.384. The molecule has 0 aliphatic carbocycles. The zero-order valence-corrected chi connectivity index (χ0v) is 13.5. The fourth-order valence-electron chi connectivity index (χ4n) is 3.17. The Hall–Kier alpha value is -2.21. The Morgan fingerprint density at radius 3 is 3.00 bits per heavy atom. The van der Waals surface area contributed by atoms with Crippen molar-refractivity contribution in [2.45, 2.75) is 20.3 Å². The van der Waals surface area contributed by atoms with Gasteiger partial charge in [0.1, 0.15) is 0 Å². The van der Waals surface area contributed by atoms with Crippen molar-refractivity contribution < 1.29 is 9.66 Å². The Balaban J connectivity index is 1.96. The number of aromatic nitrogens is 1. The van der Waals surface area contributed by atoms with E-state index in [4.69, 9.17) is 4.74 Å². The second-order valence-electron chi connectivity index (χ2n) is 6.00. The number of aryl methyl sites for hydroxylation is 1. The first-order valence-corrected chi connectivity index (χ1v) is 7.97. The molecule has 6 heteroatoms. The number of fused-ring (bicyclic) bond motifs is 1. The first-order chi connectivity index (χ1) is 11.1. The summed E-state index contributed by atoms with van der Waals surface area (Å²) in [7, 11) is 0. The number of hydrogen-bond acceptors (Lipinski definition) is 5. The molecule has 0 radical (unpaired) electrons. The Kier molecular flexibility index (Phi) is 4.43. The third kappa shape index (κ3) is 3.27. The molecule has 1 saturated heterocycles. The number of pyridine rings is 1. The van der Waals surface area contributed by atoms with E-state index in [1.165, 1.54) is 6.07 Å². The van der Waals surface area contributed by atoms with E-state index in [1.54, 1.807) is 12.1 Å². The molecule has 2 aromatic rings. The number of benzene rings is 1. The minimum Gasteiger partial charge on any atom is -0.381 e. The Morgan fingerprint density at radius 1 is 1.43 bits per heavy atom. The molecule has 0 bridgehead atoms. The summed E-state index contributed by atoms with van der Waals surface area (Å²) in [6.45, 7) is 7.33. The van der Waals surface area contributed by atoms with Gasteiger partial charge in [-0.15, -0.1) is 0 Å². The number of nitro groups is 1. The molecule has 1 atom stereocenters. The van der Waals surface area contributed by atoms with Crippen LogP contribution in [0.1, 0.15) is 19.0 Å². The van der Waals surface area contributed by atoms with Crippen molar-refractivity contribution in [1.82, 2.24) is 4.98 Å². The SMILES string of the molecule is CCOC[C@@H]1CCN(c2cc(C)nc3ccc([N+](=O)[O-])cc23)C1. The lowest BCUT2D eigenvalue weighted by atomic mass is 10.1. The molecule has 1 aliphatic heterocycles. The van der Waals surface area contributed by atoms with Crippen LogP contribution >= 0.6 is 0 Å². The lowest BCUT2D eigenvalue weighted by Crippen LogP contribution is -2.21. The quantitative estimate of drug-likeness (QED) is 0.625. The molecule has 0 amide bonds. The Bertz CT molecular complexity index is 732. The highest BCUT2D eigenvalue weighted by Gasteiger charge is 2.25. The average molecular weight is 315 g/mol. The number of nitrogens with zero attached hydrogens (tertiary/aromatic N) is 3. The van der Waals surface area contributed by atoms with Gasteiger partial charge in [0.25, 0.3) is 5.69 Å². The largest absolute Gasteiger partial charge is 0.381 e. The molecule has 3 rings (SSSR count). The first kappa shape index (κ1) is 15.7. The van der Waals surface area contributed by atoms with Gasteiger partial charge in [-0.05, 0) is 32.4 Å². The molecule has 0 unspecified atom stereocenters. The van der Waals surface area contributed by atoms with Gasteiger partial charge >= 0.3 is 0 Å². The van der Waals surface area contributed by atoms with Gasteiger partial charge in [-0.3, -0.25) is 15.1 Å². The van der Waals surface area contributed by atoms with Crippen molar-refractivity contribution in [3.05, 3.63) is 40.1 Å². The van der Waals surface area contributed by atoms with Crippen molar-refractivity contribution in [1.29, 1.82) is 0 Å². The molecule has 1 aliphatic rings. The summed E-state index contributed by atoms with van der Waals surface area (Å²) in [5.74, 6) is 0.511. The van der Waals surface area contributed by atoms with Gasteiger partial charge in [-0.1, -0.05) is 0 Å². The molecule has 1 aromatic heterocycles. The van der Waals surface area contributed by atoms with Crippen LogP contribution in [0.25, 0.3) is 10.9 Å². The second-order valence-corrected chi connectivity index (χ2v) is 6.00. The maximum atomic E-state index is 11.1. The summed E-state index contributed by atoms with van der Waals surface area (Å²) in [6.07, 6.45) is 1.08. The average Bonchev–Trinajstić information content (AvgIpc) is 3.00. The van der Waals surface area contributed by atoms with Crippen LogP contribution in [0.2, 0.25) is 0 Å². The molecule has 122 valence electrons. The smallest absolute Gasteiger partial charge is 0.270 e. The van der Waals surface area contributed by atoms with E-state index >= 15 is 0 Å². The van der Waals surface area contributed by atoms with E-state index in [-0.39, 0.29) is 10.6 Å². The summed E-state index contributed by atoms with van der Waals surface area (Å²) in [5, 5.41) is 11.9. The van der Waals surface area contributed by atoms with Crippen molar-refractivity contribution in [2.75, 3.05) is 31.2 Å². The van der Waals surface area contributed by atoms with Crippen molar-refractivity contribution in [3.63, 3.8) is 0 Å².